The number of aliphatic hydroxyl groups is 4. The van der Waals surface area contributed by atoms with E-state index in [-0.39, 0.29) is 12.5 Å². The summed E-state index contributed by atoms with van der Waals surface area (Å²) in [6.45, 7) is 0.0286. The van der Waals surface area contributed by atoms with Gasteiger partial charge < -0.3 is 35.2 Å². The fraction of sp³-hybridized carbons (Fsp3) is 0.562. The predicted molar refractivity (Wildman–Crippen MR) is 83.1 cm³/mol. The molecule has 0 aromatic heterocycles. The number of amides is 1. The maximum Gasteiger partial charge on any atom is 0.251 e. The van der Waals surface area contributed by atoms with Crippen molar-refractivity contribution in [3.05, 3.63) is 35.9 Å². The molecule has 0 bridgehead atoms. The Balaban J connectivity index is 1.69. The topological polar surface area (TPSA) is 128 Å². The van der Waals surface area contributed by atoms with E-state index >= 15 is 0 Å². The number of carbonyl (C=O) groups excluding carboxylic acids is 1. The van der Waals surface area contributed by atoms with Gasteiger partial charge in [0.25, 0.3) is 5.91 Å². The van der Waals surface area contributed by atoms with Crippen molar-refractivity contribution in [3.63, 3.8) is 0 Å². The van der Waals surface area contributed by atoms with Crippen molar-refractivity contribution in [1.29, 1.82) is 0 Å². The van der Waals surface area contributed by atoms with Crippen LogP contribution in [-0.4, -0.2) is 76.8 Å². The number of hydrogen-bond donors (Lipinski definition) is 5. The summed E-state index contributed by atoms with van der Waals surface area (Å²) in [6, 6.07) is 8.79. The van der Waals surface area contributed by atoms with Crippen LogP contribution in [0.4, 0.5) is 0 Å². The van der Waals surface area contributed by atoms with Crippen LogP contribution in [0.1, 0.15) is 16.8 Å². The molecule has 1 aromatic rings. The lowest BCUT2D eigenvalue weighted by Crippen LogP contribution is -2.59. The molecule has 1 saturated heterocycles. The van der Waals surface area contributed by atoms with Gasteiger partial charge in [-0.3, -0.25) is 4.79 Å². The molecule has 2 rings (SSSR count). The summed E-state index contributed by atoms with van der Waals surface area (Å²) in [7, 11) is 0. The van der Waals surface area contributed by atoms with E-state index in [2.05, 4.69) is 5.32 Å². The van der Waals surface area contributed by atoms with E-state index in [1.807, 2.05) is 6.07 Å². The van der Waals surface area contributed by atoms with Crippen LogP contribution in [-0.2, 0) is 9.47 Å². The smallest absolute Gasteiger partial charge is 0.251 e. The van der Waals surface area contributed by atoms with E-state index in [1.54, 1.807) is 24.3 Å². The molecule has 0 radical (unpaired) electrons. The number of hydrogen-bond acceptors (Lipinski definition) is 7. The highest BCUT2D eigenvalue weighted by molar-refractivity contribution is 5.94. The van der Waals surface area contributed by atoms with Gasteiger partial charge >= 0.3 is 0 Å². The van der Waals surface area contributed by atoms with Crippen molar-refractivity contribution < 1.29 is 34.7 Å². The van der Waals surface area contributed by atoms with Crippen LogP contribution in [0.3, 0.4) is 0 Å². The Hall–Kier alpha value is -1.55. The summed E-state index contributed by atoms with van der Waals surface area (Å²) in [6.07, 6.45) is -5.96. The molecule has 24 heavy (non-hydrogen) atoms. The van der Waals surface area contributed by atoms with Crippen LogP contribution in [0.5, 0.6) is 0 Å². The van der Waals surface area contributed by atoms with E-state index in [0.29, 0.717) is 18.5 Å². The van der Waals surface area contributed by atoms with Crippen LogP contribution >= 0.6 is 0 Å². The van der Waals surface area contributed by atoms with Gasteiger partial charge in [0.05, 0.1) is 13.2 Å². The highest BCUT2D eigenvalue weighted by atomic mass is 16.7. The number of benzene rings is 1. The predicted octanol–water partition coefficient (Wildman–Crippen LogP) is -1.38. The largest absolute Gasteiger partial charge is 0.394 e. The summed E-state index contributed by atoms with van der Waals surface area (Å²) in [5.41, 5.74) is 0.562. The molecule has 1 fully saturated rings. The fourth-order valence-corrected chi connectivity index (χ4v) is 2.37. The molecule has 0 spiro atoms. The molecule has 134 valence electrons. The van der Waals surface area contributed by atoms with Gasteiger partial charge in [-0.1, -0.05) is 18.2 Å². The second-order valence-electron chi connectivity index (χ2n) is 5.54. The van der Waals surface area contributed by atoms with Gasteiger partial charge in [0.15, 0.2) is 6.29 Å². The van der Waals surface area contributed by atoms with E-state index in [4.69, 9.17) is 14.6 Å². The molecular formula is C16H23NO7. The number of rotatable bonds is 7. The van der Waals surface area contributed by atoms with Crippen LogP contribution < -0.4 is 5.32 Å². The number of aliphatic hydroxyl groups excluding tert-OH is 4. The first-order chi connectivity index (χ1) is 11.5. The van der Waals surface area contributed by atoms with Crippen molar-refractivity contribution in [2.24, 2.45) is 0 Å². The lowest BCUT2D eigenvalue weighted by Gasteiger charge is -2.39. The second-order valence-corrected chi connectivity index (χ2v) is 5.54. The minimum atomic E-state index is -1.46. The summed E-state index contributed by atoms with van der Waals surface area (Å²) in [5.74, 6) is -0.191. The standard InChI is InChI=1S/C16H23NO7/c18-9-11-12(19)13(20)14(21)16(24-11)23-8-4-7-17-15(22)10-5-2-1-3-6-10/h1-3,5-6,11-14,16,18-21H,4,7-9H2,(H,17,22)/t11-,12-,13+,14+,16+/m1/s1. The van der Waals surface area contributed by atoms with E-state index in [9.17, 15) is 20.1 Å². The summed E-state index contributed by atoms with van der Waals surface area (Å²) < 4.78 is 10.5. The lowest BCUT2D eigenvalue weighted by atomic mass is 9.99. The molecule has 1 heterocycles. The van der Waals surface area contributed by atoms with Gasteiger partial charge in [-0.2, -0.15) is 0 Å². The minimum Gasteiger partial charge on any atom is -0.394 e. The lowest BCUT2D eigenvalue weighted by molar-refractivity contribution is -0.301. The number of ether oxygens (including phenoxy) is 2. The van der Waals surface area contributed by atoms with Gasteiger partial charge in [0.1, 0.15) is 24.4 Å². The van der Waals surface area contributed by atoms with Crippen LogP contribution in [0.15, 0.2) is 30.3 Å². The Kier molecular flexibility index (Phi) is 7.10. The fourth-order valence-electron chi connectivity index (χ4n) is 2.37. The van der Waals surface area contributed by atoms with Gasteiger partial charge in [-0.25, -0.2) is 0 Å². The Labute approximate surface area is 139 Å². The quantitative estimate of drug-likeness (QED) is 0.387. The van der Waals surface area contributed by atoms with E-state index in [0.717, 1.165) is 0 Å². The third kappa shape index (κ3) is 4.73. The molecule has 8 nitrogen and oxygen atoms in total. The monoisotopic (exact) mass is 341 g/mol. The Morgan fingerprint density at radius 2 is 1.83 bits per heavy atom. The Bertz CT molecular complexity index is 510. The zero-order valence-electron chi connectivity index (χ0n) is 13.1. The highest BCUT2D eigenvalue weighted by Gasteiger charge is 2.43. The SMILES string of the molecule is O=C(NCCCO[C@H]1O[C@H](CO)[C@@H](O)[C@H](O)[C@@H]1O)c1ccccc1. The first kappa shape index (κ1) is 18.8. The number of nitrogens with one attached hydrogen (secondary N) is 1. The second kappa shape index (κ2) is 9.07. The van der Waals surface area contributed by atoms with Crippen molar-refractivity contribution in [3.8, 4) is 0 Å². The third-order valence-electron chi connectivity index (χ3n) is 3.77. The summed E-state index contributed by atoms with van der Waals surface area (Å²) in [5, 5.41) is 40.9. The van der Waals surface area contributed by atoms with Crippen molar-refractivity contribution in [2.45, 2.75) is 37.1 Å². The average Bonchev–Trinajstić information content (AvgIpc) is 2.61. The molecule has 1 aliphatic heterocycles. The molecule has 0 aliphatic carbocycles. The molecule has 5 atom stereocenters. The molecule has 8 heteroatoms. The molecule has 0 saturated carbocycles. The van der Waals surface area contributed by atoms with Crippen LogP contribution in [0.2, 0.25) is 0 Å². The summed E-state index contributed by atoms with van der Waals surface area (Å²) >= 11 is 0. The molecule has 0 unspecified atom stereocenters. The highest BCUT2D eigenvalue weighted by Crippen LogP contribution is 2.21. The molecule has 1 amide bonds. The summed E-state index contributed by atoms with van der Waals surface area (Å²) in [4.78, 5) is 11.8. The average molecular weight is 341 g/mol. The first-order valence-electron chi connectivity index (χ1n) is 7.80. The van der Waals surface area contributed by atoms with Crippen molar-refractivity contribution >= 4 is 5.91 Å². The Morgan fingerprint density at radius 3 is 2.50 bits per heavy atom. The van der Waals surface area contributed by atoms with E-state index < -0.39 is 37.3 Å². The zero-order valence-corrected chi connectivity index (χ0v) is 13.1. The van der Waals surface area contributed by atoms with Gasteiger partial charge in [0.2, 0.25) is 0 Å². The maximum absolute atomic E-state index is 11.8. The van der Waals surface area contributed by atoms with Crippen molar-refractivity contribution in [2.75, 3.05) is 19.8 Å². The van der Waals surface area contributed by atoms with Crippen LogP contribution in [0, 0.1) is 0 Å². The van der Waals surface area contributed by atoms with Crippen LogP contribution in [0.25, 0.3) is 0 Å². The third-order valence-corrected chi connectivity index (χ3v) is 3.77. The molecule has 5 N–H and O–H groups in total. The first-order valence-corrected chi connectivity index (χ1v) is 7.80. The van der Waals surface area contributed by atoms with Crippen molar-refractivity contribution in [1.82, 2.24) is 5.32 Å². The molecular weight excluding hydrogens is 318 g/mol. The minimum absolute atomic E-state index is 0.164. The van der Waals surface area contributed by atoms with Gasteiger partial charge in [0, 0.05) is 12.1 Å². The van der Waals surface area contributed by atoms with Gasteiger partial charge in [-0.05, 0) is 18.6 Å². The normalized spacial score (nSPS) is 30.1. The maximum atomic E-state index is 11.8. The van der Waals surface area contributed by atoms with Gasteiger partial charge in [-0.15, -0.1) is 0 Å². The zero-order chi connectivity index (χ0) is 17.5. The van der Waals surface area contributed by atoms with E-state index in [1.165, 1.54) is 0 Å². The molecule has 1 aliphatic rings. The molecule has 1 aromatic carbocycles. The number of carbonyl (C=O) groups is 1. The Morgan fingerprint density at radius 1 is 1.12 bits per heavy atom.